The van der Waals surface area contributed by atoms with Gasteiger partial charge in [-0.1, -0.05) is 56.3 Å². The van der Waals surface area contributed by atoms with Crippen molar-refractivity contribution in [3.8, 4) is 0 Å². The van der Waals surface area contributed by atoms with Crippen LogP contribution in [0.15, 0.2) is 42.5 Å². The molecule has 1 aliphatic rings. The number of rotatable bonds is 11. The molecule has 8 nitrogen and oxygen atoms in total. The molecule has 5 N–H and O–H groups in total. The number of aliphatic hydroxyl groups is 1. The summed E-state index contributed by atoms with van der Waals surface area (Å²) in [7, 11) is 0. The highest BCUT2D eigenvalue weighted by molar-refractivity contribution is 5.93. The van der Waals surface area contributed by atoms with E-state index in [0.717, 1.165) is 35.6 Å². The first kappa shape index (κ1) is 26.6. The van der Waals surface area contributed by atoms with Gasteiger partial charge in [-0.2, -0.15) is 0 Å². The average Bonchev–Trinajstić information content (AvgIpc) is 3.37. The Labute approximate surface area is 207 Å². The van der Waals surface area contributed by atoms with Gasteiger partial charge in [-0.15, -0.1) is 0 Å². The Morgan fingerprint density at radius 1 is 1.11 bits per heavy atom. The number of nitrogens with one attached hydrogen (secondary N) is 2. The first-order valence-electron chi connectivity index (χ1n) is 12.6. The Balaban J connectivity index is 1.77. The Morgan fingerprint density at radius 3 is 2.51 bits per heavy atom. The normalized spacial score (nSPS) is 17.4. The summed E-state index contributed by atoms with van der Waals surface area (Å²) in [5, 5.41) is 17.5. The second-order valence-electron chi connectivity index (χ2n) is 9.28. The van der Waals surface area contributed by atoms with Gasteiger partial charge in [-0.05, 0) is 42.0 Å². The lowest BCUT2D eigenvalue weighted by molar-refractivity contribution is -0.142. The summed E-state index contributed by atoms with van der Waals surface area (Å²) >= 11 is 0. The lowest BCUT2D eigenvalue weighted by Gasteiger charge is -2.29. The second kappa shape index (κ2) is 12.7. The largest absolute Gasteiger partial charge is 0.390 e. The number of nitrogens with two attached hydrogens (primary N) is 1. The summed E-state index contributed by atoms with van der Waals surface area (Å²) < 4.78 is 0. The molecule has 35 heavy (non-hydrogen) atoms. The molecule has 2 aromatic rings. The highest BCUT2D eigenvalue weighted by atomic mass is 16.3. The number of carbonyl (C=O) groups excluding carboxylic acids is 3. The van der Waals surface area contributed by atoms with E-state index in [0.29, 0.717) is 13.0 Å². The van der Waals surface area contributed by atoms with Gasteiger partial charge in [0.05, 0.1) is 6.10 Å². The molecule has 0 aromatic heterocycles. The number of likely N-dealkylation sites (tertiary alicyclic amines) is 1. The highest BCUT2D eigenvalue weighted by Gasteiger charge is 2.37. The van der Waals surface area contributed by atoms with Crippen LogP contribution in [0.5, 0.6) is 0 Å². The van der Waals surface area contributed by atoms with Crippen LogP contribution in [0, 0.1) is 5.92 Å². The van der Waals surface area contributed by atoms with E-state index in [-0.39, 0.29) is 37.2 Å². The number of amides is 3. The minimum absolute atomic E-state index is 0.00213. The van der Waals surface area contributed by atoms with Crippen molar-refractivity contribution in [3.63, 3.8) is 0 Å². The Kier molecular flexibility index (Phi) is 9.63. The third kappa shape index (κ3) is 6.80. The van der Waals surface area contributed by atoms with Gasteiger partial charge in [-0.25, -0.2) is 0 Å². The number of fused-ring (bicyclic) bond motifs is 1. The van der Waals surface area contributed by atoms with Crippen LogP contribution in [0.2, 0.25) is 0 Å². The first-order valence-corrected chi connectivity index (χ1v) is 12.6. The fourth-order valence-electron chi connectivity index (χ4n) is 4.68. The third-order valence-electron chi connectivity index (χ3n) is 6.84. The molecule has 1 saturated heterocycles. The smallest absolute Gasteiger partial charge is 0.243 e. The van der Waals surface area contributed by atoms with Crippen LogP contribution < -0.4 is 16.4 Å². The van der Waals surface area contributed by atoms with Crippen LogP contribution in [0.4, 0.5) is 0 Å². The van der Waals surface area contributed by atoms with Crippen LogP contribution in [-0.2, 0) is 20.8 Å². The molecule has 1 fully saturated rings. The summed E-state index contributed by atoms with van der Waals surface area (Å²) in [6.07, 6.45) is 2.22. The predicted molar refractivity (Wildman–Crippen MR) is 136 cm³/mol. The maximum absolute atomic E-state index is 13.3. The summed E-state index contributed by atoms with van der Waals surface area (Å²) in [6, 6.07) is 12.5. The lowest BCUT2D eigenvalue weighted by atomic mass is 10.00. The minimum Gasteiger partial charge on any atom is -0.390 e. The monoisotopic (exact) mass is 482 g/mol. The van der Waals surface area contributed by atoms with E-state index >= 15 is 0 Å². The maximum Gasteiger partial charge on any atom is 0.243 e. The van der Waals surface area contributed by atoms with E-state index in [4.69, 9.17) is 5.73 Å². The van der Waals surface area contributed by atoms with Crippen molar-refractivity contribution in [1.29, 1.82) is 0 Å². The third-order valence-corrected chi connectivity index (χ3v) is 6.84. The van der Waals surface area contributed by atoms with Gasteiger partial charge >= 0.3 is 0 Å². The molecule has 1 aliphatic heterocycles. The molecule has 0 radical (unpaired) electrons. The van der Waals surface area contributed by atoms with Crippen molar-refractivity contribution < 1.29 is 19.5 Å². The van der Waals surface area contributed by atoms with Crippen molar-refractivity contribution in [2.45, 2.75) is 64.1 Å². The van der Waals surface area contributed by atoms with Gasteiger partial charge in [0.2, 0.25) is 17.7 Å². The molecule has 190 valence electrons. The highest BCUT2D eigenvalue weighted by Crippen LogP contribution is 2.23. The molecular formula is C27H38N4O4. The number of nitrogens with zero attached hydrogens (tertiary/aromatic N) is 1. The fraction of sp³-hybridized carbons (Fsp3) is 0.519. The van der Waals surface area contributed by atoms with Crippen LogP contribution in [0.1, 0.15) is 45.1 Å². The van der Waals surface area contributed by atoms with E-state index in [1.807, 2.05) is 56.3 Å². The van der Waals surface area contributed by atoms with Gasteiger partial charge in [0.15, 0.2) is 0 Å². The SMILES string of the molecule is CCC(CC)C(=O)N1CCCC1C(=O)NC(Cc1ccc2ccccc2c1)C(=O)NCC(O)CN. The van der Waals surface area contributed by atoms with Gasteiger partial charge < -0.3 is 26.4 Å². The van der Waals surface area contributed by atoms with E-state index in [2.05, 4.69) is 10.6 Å². The summed E-state index contributed by atoms with van der Waals surface area (Å²) in [4.78, 5) is 41.0. The standard InChI is InChI=1S/C27H38N4O4/c1-3-19(4-2)27(35)31-13-7-10-24(31)26(34)30-23(25(33)29-17-22(32)16-28)15-18-11-12-20-8-5-6-9-21(20)14-18/h5-6,8-9,11-12,14,19,22-24,32H,3-4,7,10,13,15-17,28H2,1-2H3,(H,29,33)(H,30,34). The zero-order chi connectivity index (χ0) is 25.4. The predicted octanol–water partition coefficient (Wildman–Crippen LogP) is 1.73. The molecule has 0 saturated carbocycles. The van der Waals surface area contributed by atoms with E-state index in [1.54, 1.807) is 4.90 Å². The zero-order valence-corrected chi connectivity index (χ0v) is 20.7. The quantitative estimate of drug-likeness (QED) is 0.388. The van der Waals surface area contributed by atoms with Crippen LogP contribution >= 0.6 is 0 Å². The summed E-state index contributed by atoms with van der Waals surface area (Å²) in [5.74, 6) is -0.802. The van der Waals surface area contributed by atoms with Gasteiger partial charge in [-0.3, -0.25) is 14.4 Å². The number of benzene rings is 2. The zero-order valence-electron chi connectivity index (χ0n) is 20.7. The van der Waals surface area contributed by atoms with E-state index < -0.39 is 24.1 Å². The lowest BCUT2D eigenvalue weighted by Crippen LogP contribution is -2.55. The van der Waals surface area contributed by atoms with Crippen LogP contribution in [-0.4, -0.2) is 65.5 Å². The average molecular weight is 483 g/mol. The molecular weight excluding hydrogens is 444 g/mol. The summed E-state index contributed by atoms with van der Waals surface area (Å²) in [5.41, 5.74) is 6.36. The molecule has 3 atom stereocenters. The van der Waals surface area contributed by atoms with Crippen LogP contribution in [0.3, 0.4) is 0 Å². The molecule has 0 aliphatic carbocycles. The van der Waals surface area contributed by atoms with E-state index in [9.17, 15) is 19.5 Å². The number of hydrogen-bond acceptors (Lipinski definition) is 5. The first-order chi connectivity index (χ1) is 16.9. The Hall–Kier alpha value is -2.97. The molecule has 0 bridgehead atoms. The van der Waals surface area contributed by atoms with Crippen molar-refractivity contribution >= 4 is 28.5 Å². The number of hydrogen-bond donors (Lipinski definition) is 4. The molecule has 1 heterocycles. The molecule has 3 amide bonds. The Morgan fingerprint density at radius 2 is 1.83 bits per heavy atom. The molecule has 8 heteroatoms. The van der Waals surface area contributed by atoms with Crippen molar-refractivity contribution in [2.75, 3.05) is 19.6 Å². The number of carbonyl (C=O) groups is 3. The van der Waals surface area contributed by atoms with Gasteiger partial charge in [0, 0.05) is 32.0 Å². The molecule has 3 unspecified atom stereocenters. The summed E-state index contributed by atoms with van der Waals surface area (Å²) in [6.45, 7) is 4.55. The van der Waals surface area contributed by atoms with Crippen LogP contribution in [0.25, 0.3) is 10.8 Å². The topological polar surface area (TPSA) is 125 Å². The minimum atomic E-state index is -0.862. The fourth-order valence-corrected chi connectivity index (χ4v) is 4.68. The van der Waals surface area contributed by atoms with Gasteiger partial charge in [0.25, 0.3) is 0 Å². The van der Waals surface area contributed by atoms with Crippen molar-refractivity contribution in [3.05, 3.63) is 48.0 Å². The second-order valence-corrected chi connectivity index (χ2v) is 9.28. The molecule has 2 aromatic carbocycles. The Bertz CT molecular complexity index is 1020. The van der Waals surface area contributed by atoms with Gasteiger partial charge in [0.1, 0.15) is 12.1 Å². The van der Waals surface area contributed by atoms with Crippen molar-refractivity contribution in [1.82, 2.24) is 15.5 Å². The molecule has 0 spiro atoms. The van der Waals surface area contributed by atoms with E-state index in [1.165, 1.54) is 0 Å². The maximum atomic E-state index is 13.3. The molecule has 3 rings (SSSR count). The number of aliphatic hydroxyl groups excluding tert-OH is 1. The van der Waals surface area contributed by atoms with Crippen molar-refractivity contribution in [2.24, 2.45) is 11.7 Å².